The van der Waals surface area contributed by atoms with E-state index in [-0.39, 0.29) is 5.56 Å². The Kier molecular flexibility index (Phi) is 2.68. The predicted octanol–water partition coefficient (Wildman–Crippen LogP) is 3.82. The Morgan fingerprint density at radius 3 is 2.83 bits per heavy atom. The number of halogens is 1. The van der Waals surface area contributed by atoms with Crippen LogP contribution in [-0.2, 0) is 0 Å². The summed E-state index contributed by atoms with van der Waals surface area (Å²) in [4.78, 5) is 15.0. The monoisotopic (exact) mass is 323 g/mol. The minimum absolute atomic E-state index is 0.0630. The molecule has 5 heteroatoms. The zero-order valence-corrected chi connectivity index (χ0v) is 12.2. The van der Waals surface area contributed by atoms with Crippen molar-refractivity contribution < 1.29 is 4.74 Å². The maximum atomic E-state index is 12.1. The van der Waals surface area contributed by atoms with Crippen LogP contribution in [-0.4, -0.2) is 12.1 Å². The molecule has 3 rings (SSSR count). The average molecular weight is 324 g/mol. The number of benzene rings is 1. The summed E-state index contributed by atoms with van der Waals surface area (Å²) in [6, 6.07) is 3.97. The SMILES string of the molecule is COc1csc2c(=O)[nH]c3c(C)ccc(Br)c3c12. The molecule has 0 aliphatic heterocycles. The highest BCUT2D eigenvalue weighted by molar-refractivity contribution is 9.10. The first-order chi connectivity index (χ1) is 8.63. The second kappa shape index (κ2) is 4.10. The van der Waals surface area contributed by atoms with E-state index in [1.54, 1.807) is 7.11 Å². The van der Waals surface area contributed by atoms with Gasteiger partial charge in [-0.15, -0.1) is 11.3 Å². The van der Waals surface area contributed by atoms with Crippen LogP contribution in [0.3, 0.4) is 0 Å². The molecule has 0 amide bonds. The van der Waals surface area contributed by atoms with Gasteiger partial charge in [0.2, 0.25) is 0 Å². The van der Waals surface area contributed by atoms with Crippen LogP contribution in [0.4, 0.5) is 0 Å². The number of ether oxygens (including phenoxy) is 1. The summed E-state index contributed by atoms with van der Waals surface area (Å²) in [5.41, 5.74) is 1.84. The van der Waals surface area contributed by atoms with Crippen LogP contribution in [0.1, 0.15) is 5.56 Å². The van der Waals surface area contributed by atoms with E-state index in [2.05, 4.69) is 20.9 Å². The van der Waals surface area contributed by atoms with Gasteiger partial charge in [-0.2, -0.15) is 0 Å². The largest absolute Gasteiger partial charge is 0.495 e. The van der Waals surface area contributed by atoms with Crippen molar-refractivity contribution in [3.8, 4) is 5.75 Å². The molecule has 0 atom stereocenters. The van der Waals surface area contributed by atoms with Gasteiger partial charge >= 0.3 is 0 Å². The lowest BCUT2D eigenvalue weighted by Crippen LogP contribution is -2.05. The lowest BCUT2D eigenvalue weighted by Gasteiger charge is -2.07. The molecule has 0 unspecified atom stereocenters. The number of H-pyrrole nitrogens is 1. The highest BCUT2D eigenvalue weighted by Crippen LogP contribution is 2.38. The van der Waals surface area contributed by atoms with E-state index in [0.29, 0.717) is 4.70 Å². The lowest BCUT2D eigenvalue weighted by molar-refractivity contribution is 0.421. The number of methoxy groups -OCH3 is 1. The van der Waals surface area contributed by atoms with Crippen LogP contribution in [0.15, 0.2) is 26.8 Å². The van der Waals surface area contributed by atoms with Gasteiger partial charge in [0, 0.05) is 15.2 Å². The van der Waals surface area contributed by atoms with E-state index in [1.807, 2.05) is 24.4 Å². The van der Waals surface area contributed by atoms with Gasteiger partial charge in [0.1, 0.15) is 10.4 Å². The van der Waals surface area contributed by atoms with Crippen molar-refractivity contribution in [1.29, 1.82) is 0 Å². The summed E-state index contributed by atoms with van der Waals surface area (Å²) in [7, 11) is 1.62. The van der Waals surface area contributed by atoms with Gasteiger partial charge in [-0.25, -0.2) is 0 Å². The van der Waals surface area contributed by atoms with Crippen LogP contribution >= 0.6 is 27.3 Å². The smallest absolute Gasteiger partial charge is 0.266 e. The first kappa shape index (κ1) is 11.7. The number of thiophene rings is 1. The Morgan fingerprint density at radius 2 is 2.11 bits per heavy atom. The third kappa shape index (κ3) is 1.51. The fourth-order valence-corrected chi connectivity index (χ4v) is 3.60. The molecule has 3 nitrogen and oxygen atoms in total. The van der Waals surface area contributed by atoms with E-state index >= 15 is 0 Å². The number of aryl methyl sites for hydroxylation is 1. The van der Waals surface area contributed by atoms with Gasteiger partial charge in [-0.05, 0) is 18.6 Å². The second-order valence-electron chi connectivity index (χ2n) is 4.08. The number of hydrogen-bond acceptors (Lipinski definition) is 3. The number of fused-ring (bicyclic) bond motifs is 3. The molecule has 1 aromatic carbocycles. The highest BCUT2D eigenvalue weighted by atomic mass is 79.9. The molecule has 0 radical (unpaired) electrons. The minimum Gasteiger partial charge on any atom is -0.495 e. The number of aromatic nitrogens is 1. The molecule has 2 heterocycles. The van der Waals surface area contributed by atoms with E-state index in [9.17, 15) is 4.79 Å². The molecular formula is C13H10BrNO2S. The molecule has 2 aromatic heterocycles. The molecule has 3 aromatic rings. The van der Waals surface area contributed by atoms with E-state index in [0.717, 1.165) is 32.1 Å². The van der Waals surface area contributed by atoms with Crippen LogP contribution in [0.25, 0.3) is 21.0 Å². The maximum absolute atomic E-state index is 12.1. The van der Waals surface area contributed by atoms with E-state index in [1.165, 1.54) is 11.3 Å². The first-order valence-electron chi connectivity index (χ1n) is 5.39. The van der Waals surface area contributed by atoms with Crippen molar-refractivity contribution in [2.24, 2.45) is 0 Å². The molecule has 0 spiro atoms. The summed E-state index contributed by atoms with van der Waals surface area (Å²) in [5, 5.41) is 3.76. The van der Waals surface area contributed by atoms with Gasteiger partial charge in [-0.1, -0.05) is 22.0 Å². The summed E-state index contributed by atoms with van der Waals surface area (Å²) in [6.45, 7) is 1.98. The van der Waals surface area contributed by atoms with Crippen molar-refractivity contribution in [3.05, 3.63) is 37.9 Å². The highest BCUT2D eigenvalue weighted by Gasteiger charge is 2.15. The standard InChI is InChI=1S/C13H10BrNO2S/c1-6-3-4-7(14)9-10-8(17-2)5-18-12(10)13(16)15-11(6)9/h3-5H,1-2H3,(H,15,16). The van der Waals surface area contributed by atoms with Crippen molar-refractivity contribution >= 4 is 48.3 Å². The fourth-order valence-electron chi connectivity index (χ4n) is 2.15. The normalized spacial score (nSPS) is 11.3. The van der Waals surface area contributed by atoms with Crippen molar-refractivity contribution in [1.82, 2.24) is 4.98 Å². The Labute approximate surface area is 116 Å². The van der Waals surface area contributed by atoms with E-state index in [4.69, 9.17) is 4.74 Å². The average Bonchev–Trinajstić information content (AvgIpc) is 2.78. The molecule has 1 N–H and O–H groups in total. The van der Waals surface area contributed by atoms with Crippen LogP contribution < -0.4 is 10.3 Å². The Hall–Kier alpha value is -1.33. The predicted molar refractivity (Wildman–Crippen MR) is 78.9 cm³/mol. The van der Waals surface area contributed by atoms with Gasteiger partial charge in [0.15, 0.2) is 0 Å². The number of hydrogen-bond donors (Lipinski definition) is 1. The maximum Gasteiger partial charge on any atom is 0.266 e. The van der Waals surface area contributed by atoms with Crippen LogP contribution in [0.2, 0.25) is 0 Å². The fraction of sp³-hybridized carbons (Fsp3) is 0.154. The summed E-state index contributed by atoms with van der Waals surface area (Å²) in [5.74, 6) is 0.748. The zero-order valence-electron chi connectivity index (χ0n) is 9.83. The van der Waals surface area contributed by atoms with Crippen molar-refractivity contribution in [2.75, 3.05) is 7.11 Å². The van der Waals surface area contributed by atoms with Gasteiger partial charge < -0.3 is 9.72 Å². The zero-order chi connectivity index (χ0) is 12.9. The van der Waals surface area contributed by atoms with Gasteiger partial charge in [0.05, 0.1) is 18.0 Å². The van der Waals surface area contributed by atoms with Crippen molar-refractivity contribution in [2.45, 2.75) is 6.92 Å². The molecule has 0 aliphatic carbocycles. The summed E-state index contributed by atoms with van der Waals surface area (Å²) < 4.78 is 7.02. The summed E-state index contributed by atoms with van der Waals surface area (Å²) >= 11 is 4.96. The van der Waals surface area contributed by atoms with Crippen LogP contribution in [0.5, 0.6) is 5.75 Å². The molecule has 92 valence electrons. The van der Waals surface area contributed by atoms with Crippen molar-refractivity contribution in [3.63, 3.8) is 0 Å². The summed E-state index contributed by atoms with van der Waals surface area (Å²) in [6.07, 6.45) is 0. The molecule has 0 saturated carbocycles. The molecule has 0 fully saturated rings. The Morgan fingerprint density at radius 1 is 1.33 bits per heavy atom. The molecule has 0 saturated heterocycles. The number of nitrogens with one attached hydrogen (secondary N) is 1. The molecule has 0 bridgehead atoms. The number of rotatable bonds is 1. The Balaban J connectivity index is 2.70. The number of pyridine rings is 1. The molecule has 0 aliphatic rings. The first-order valence-corrected chi connectivity index (χ1v) is 7.07. The molecular weight excluding hydrogens is 314 g/mol. The number of aromatic amines is 1. The minimum atomic E-state index is -0.0630. The third-order valence-electron chi connectivity index (χ3n) is 3.03. The topological polar surface area (TPSA) is 42.1 Å². The molecule has 18 heavy (non-hydrogen) atoms. The van der Waals surface area contributed by atoms with Crippen LogP contribution in [0, 0.1) is 6.92 Å². The third-order valence-corrected chi connectivity index (χ3v) is 4.65. The second-order valence-corrected chi connectivity index (χ2v) is 5.81. The van der Waals surface area contributed by atoms with E-state index < -0.39 is 0 Å². The van der Waals surface area contributed by atoms with Gasteiger partial charge in [0.25, 0.3) is 5.56 Å². The Bertz CT molecular complexity index is 819. The quantitative estimate of drug-likeness (QED) is 0.739. The lowest BCUT2D eigenvalue weighted by atomic mass is 10.1. The van der Waals surface area contributed by atoms with Gasteiger partial charge in [-0.3, -0.25) is 4.79 Å².